The number of thioether (sulfide) groups is 1. The standard InChI is InChI=1S/C86H148N40O18S/c1-143-59-24-5-25-60(144-2)64(59)46-30-28-45(29-31-46)43-57(76(140)141)124-74(138)55(23-14-42-113-85(103)104)122-75(139)56(32-33-63(128)129)123-73(137)54(22-13-41-112-84(101)102)121-72(136)53(21-12-40-111-83(99)100)120-71(135)52(20-11-39-110-82(97)98)119-70(134)51(19-10-38-109-81(95)96)118-69(133)50(18-9-37-108-80(93)94)117-68(132)49(17-8-36-107-79(91)92)116-67(131)48(16-7-35-106-78(89)90)115-66(130)47(15-6-34-105-77(87)88)114-62(127)27-4-3-26-61-65-58(44-145-61)125-86(142)126-65/h5,24-25,28-31,47-58,61,65H,3-4,6-23,26-27,32-44H2,1-2H3,(H,114,127)(H,115,130)(H,116,131)(H,117,132)(H,118,133)(H,119,134)(H,120,135)(H,121,136)(H,122,139)(H,123,137)(H,124,138)(H,128,129)(H,140,141)(H4,87,88,105)(H4,89,90,106)(H4,91,92,107)(H4,93,94,108)(H4,95,96,109)(H4,97,98,110)(H4,99,100,111)(H4,101,102,112)(H4,103,104,113)(H2,125,126,142)/t47-,48-,49-,50-,51-,52-,53-,54-,55-,56-,57-,58-,61-,65-/m0/s1. The van der Waals surface area contributed by atoms with Gasteiger partial charge in [-0.05, 0) is 158 Å². The van der Waals surface area contributed by atoms with E-state index in [1.54, 1.807) is 54.2 Å². The lowest BCUT2D eigenvalue weighted by molar-refractivity contribution is -0.142. The molecule has 145 heavy (non-hydrogen) atoms. The van der Waals surface area contributed by atoms with Crippen LogP contribution in [-0.4, -0.2) is 309 Å². The quantitative estimate of drug-likeness (QED) is 0.0127. The van der Waals surface area contributed by atoms with Gasteiger partial charge in [0.25, 0.3) is 0 Å². The molecule has 0 radical (unpaired) electrons. The van der Waals surface area contributed by atoms with Gasteiger partial charge in [0.2, 0.25) is 65.0 Å². The summed E-state index contributed by atoms with van der Waals surface area (Å²) in [4.78, 5) is 201. The van der Waals surface area contributed by atoms with Crippen LogP contribution in [0.15, 0.2) is 42.5 Å². The topological polar surface area (TPSA) is 1010 Å². The van der Waals surface area contributed by atoms with E-state index >= 15 is 24.0 Å². The predicted molar refractivity (Wildman–Crippen MR) is 541 cm³/mol. The van der Waals surface area contributed by atoms with Gasteiger partial charge in [0.1, 0.15) is 78.0 Å². The molecule has 4 rings (SSSR count). The van der Waals surface area contributed by atoms with Gasteiger partial charge in [-0.15, -0.1) is 0 Å². The van der Waals surface area contributed by atoms with Gasteiger partial charge >= 0.3 is 18.0 Å². The highest BCUT2D eigenvalue weighted by molar-refractivity contribution is 8.00. The number of guanidine groups is 9. The fraction of sp³-hybridized carbons (Fsp3) is 0.593. The summed E-state index contributed by atoms with van der Waals surface area (Å²) in [6, 6.07) is -6.58. The zero-order chi connectivity index (χ0) is 108. The highest BCUT2D eigenvalue weighted by atomic mass is 32.2. The zero-order valence-corrected chi connectivity index (χ0v) is 82.2. The molecule has 2 aliphatic rings. The van der Waals surface area contributed by atoms with Gasteiger partial charge in [-0.2, -0.15) is 11.8 Å². The van der Waals surface area contributed by atoms with Crippen LogP contribution >= 0.6 is 11.8 Å². The van der Waals surface area contributed by atoms with Crippen LogP contribution in [0.5, 0.6) is 11.5 Å². The molecule has 2 aromatic rings. The first-order chi connectivity index (χ1) is 68.9. The van der Waals surface area contributed by atoms with Crippen molar-refractivity contribution in [2.45, 2.75) is 244 Å². The number of carbonyl (C=O) groups is 14. The molecule has 0 spiro atoms. The molecular weight excluding hydrogens is 1910 g/mol. The Morgan fingerprint density at radius 3 is 0.848 bits per heavy atom. The molecule has 14 atom stereocenters. The molecule has 2 aliphatic heterocycles. The molecule has 0 aromatic heterocycles. The van der Waals surface area contributed by atoms with E-state index in [-0.39, 0.29) is 217 Å². The van der Waals surface area contributed by atoms with E-state index in [4.69, 9.17) is 110 Å². The smallest absolute Gasteiger partial charge is 0.326 e. The van der Waals surface area contributed by atoms with E-state index in [9.17, 15) is 53.4 Å². The van der Waals surface area contributed by atoms with Gasteiger partial charge in [0.15, 0.2) is 53.6 Å². The second-order valence-electron chi connectivity index (χ2n) is 34.2. The molecule has 2 saturated heterocycles. The van der Waals surface area contributed by atoms with Gasteiger partial charge in [0.05, 0.1) is 31.9 Å². The van der Waals surface area contributed by atoms with Crippen LogP contribution in [0.4, 0.5) is 4.79 Å². The molecule has 13 amide bonds. The Labute approximate surface area is 842 Å². The number of methoxy groups -OCH3 is 2. The number of benzene rings is 2. The average Bonchev–Trinajstić information content (AvgIpc) is 1.66. The zero-order valence-electron chi connectivity index (χ0n) is 81.4. The summed E-state index contributed by atoms with van der Waals surface area (Å²) in [5.41, 5.74) is 52.0. The second-order valence-corrected chi connectivity index (χ2v) is 35.4. The minimum absolute atomic E-state index is 0.00399. The summed E-state index contributed by atoms with van der Waals surface area (Å²) >= 11 is 1.71. The third-order valence-corrected chi connectivity index (χ3v) is 24.2. The van der Waals surface area contributed by atoms with Crippen molar-refractivity contribution in [3.63, 3.8) is 0 Å². The second kappa shape index (κ2) is 66.1. The summed E-state index contributed by atoms with van der Waals surface area (Å²) in [7, 11) is 2.96. The maximum Gasteiger partial charge on any atom is 0.326 e. The van der Waals surface area contributed by atoms with Crippen molar-refractivity contribution in [1.82, 2.24) is 117 Å². The third kappa shape index (κ3) is 49.0. The van der Waals surface area contributed by atoms with Crippen LogP contribution < -0.4 is 178 Å². The highest BCUT2D eigenvalue weighted by Crippen LogP contribution is 2.39. The van der Waals surface area contributed by atoms with Crippen molar-refractivity contribution in [2.24, 2.45) is 51.6 Å². The maximum absolute atomic E-state index is 15.2. The molecule has 2 fully saturated rings. The van der Waals surface area contributed by atoms with E-state index in [2.05, 4.69) is 117 Å². The van der Waals surface area contributed by atoms with Crippen molar-refractivity contribution in [3.8, 4) is 22.6 Å². The Morgan fingerprint density at radius 2 is 0.600 bits per heavy atom. The number of aliphatic carboxylic acids is 2. The fourth-order valence-corrected chi connectivity index (χ4v) is 16.9. The molecule has 51 N–H and O–H groups in total. The lowest BCUT2D eigenvalue weighted by Crippen LogP contribution is -2.61. The monoisotopic (exact) mass is 2060 g/mol. The SMILES string of the molecule is COc1cccc(OC)c1-c1ccc(C[C@H](NC(=O)[C@H](CCCNC(=N)N)NC(=O)[C@H](CCC(=O)O)NC(=O)[C@H](CCCNC(=N)N)NC(=O)[C@H](CCCNC(=N)N)NC(=O)[C@H](CCCNC(=N)N)NC(=O)[C@H](CCCNC(=N)N)NC(=O)[C@H](CCCNC(=N)N)NC(=O)[C@H](CCCNC(=N)N)NC(=O)[C@H](CCCNC(=N)N)NC(=O)[C@H](CCCNC(=N)N)NC(=O)CCCC[C@@H]2SC[C@@H]3NC(=O)N[C@@H]32)C(=O)O)cc1. The minimum atomic E-state index is -1.85. The molecule has 806 valence electrons. The molecule has 0 aliphatic carbocycles. The van der Waals surface area contributed by atoms with Crippen molar-refractivity contribution < 1.29 is 86.8 Å². The lowest BCUT2D eigenvalue weighted by atomic mass is 9.99. The molecule has 2 heterocycles. The Hall–Kier alpha value is -15.8. The minimum Gasteiger partial charge on any atom is -0.496 e. The molecule has 2 aromatic carbocycles. The van der Waals surface area contributed by atoms with Gasteiger partial charge in [0, 0.05) is 89.2 Å². The van der Waals surface area contributed by atoms with E-state index < -0.39 is 204 Å². The number of unbranched alkanes of at least 4 members (excludes halogenated alkanes) is 1. The first-order valence-electron chi connectivity index (χ1n) is 47.4. The van der Waals surface area contributed by atoms with Crippen molar-refractivity contribution in [1.29, 1.82) is 48.7 Å². The van der Waals surface area contributed by atoms with E-state index in [1.165, 1.54) is 14.2 Å². The van der Waals surface area contributed by atoms with E-state index in [0.29, 0.717) is 47.5 Å². The van der Waals surface area contributed by atoms with Crippen molar-refractivity contribution >= 4 is 148 Å². The Morgan fingerprint density at radius 1 is 0.345 bits per heavy atom. The number of rotatable bonds is 71. The van der Waals surface area contributed by atoms with Gasteiger partial charge in [-0.3, -0.25) is 106 Å². The Bertz CT molecular complexity index is 4710. The van der Waals surface area contributed by atoms with Crippen LogP contribution in [-0.2, 0) is 68.7 Å². The largest absolute Gasteiger partial charge is 0.496 e. The highest BCUT2D eigenvalue weighted by Gasteiger charge is 2.44. The van der Waals surface area contributed by atoms with Crippen LogP contribution in [0.2, 0.25) is 0 Å². The van der Waals surface area contributed by atoms with Crippen molar-refractivity contribution in [2.75, 3.05) is 78.9 Å². The average molecular weight is 2060 g/mol. The maximum atomic E-state index is 15.2. The fourth-order valence-electron chi connectivity index (χ4n) is 15.4. The van der Waals surface area contributed by atoms with E-state index in [0.717, 1.165) is 5.75 Å². The third-order valence-electron chi connectivity index (χ3n) is 22.7. The lowest BCUT2D eigenvalue weighted by Gasteiger charge is -2.29. The molecule has 59 heteroatoms. The summed E-state index contributed by atoms with van der Waals surface area (Å²) in [5.74, 6) is -16.5. The number of nitrogens with two attached hydrogens (primary N) is 9. The van der Waals surface area contributed by atoms with Gasteiger partial charge < -0.3 is 188 Å². The number of carboxylic acids is 2. The number of urea groups is 1. The molecular formula is C86H148N40O18S. The van der Waals surface area contributed by atoms with Gasteiger partial charge in [-0.25, -0.2) is 9.59 Å². The van der Waals surface area contributed by atoms with Crippen LogP contribution in [0.1, 0.15) is 160 Å². The Balaban J connectivity index is 1.76. The van der Waals surface area contributed by atoms with Crippen LogP contribution in [0.3, 0.4) is 0 Å². The summed E-state index contributed by atoms with van der Waals surface area (Å²) < 4.78 is 11.1. The number of carbonyl (C=O) groups excluding carboxylic acids is 12. The Kier molecular flexibility index (Phi) is 55.4. The molecule has 0 saturated carbocycles. The first-order valence-corrected chi connectivity index (χ1v) is 48.4. The summed E-state index contributed by atoms with van der Waals surface area (Å²) in [6.07, 6.45) is -2.64. The summed E-state index contributed by atoms with van der Waals surface area (Å²) in [6.45, 7) is -0.516. The first kappa shape index (κ1) is 121. The van der Waals surface area contributed by atoms with Crippen LogP contribution in [0, 0.1) is 48.7 Å². The number of hydrogen-bond acceptors (Lipinski definition) is 26. The van der Waals surface area contributed by atoms with Gasteiger partial charge in [-0.1, -0.05) is 36.8 Å². The number of nitrogens with one attached hydrogen (secondary N) is 31. The number of fused-ring (bicyclic) bond motifs is 1. The number of ether oxygens (including phenoxy) is 2. The normalized spacial score (nSPS) is 15.4. The molecule has 0 bridgehead atoms. The van der Waals surface area contributed by atoms with Crippen LogP contribution in [0.25, 0.3) is 11.1 Å². The van der Waals surface area contributed by atoms with E-state index in [1.807, 2.05) is 0 Å². The summed E-state index contributed by atoms with van der Waals surface area (Å²) in [5, 5.41) is 149. The predicted octanol–water partition coefficient (Wildman–Crippen LogP) is -8.71. The molecule has 58 nitrogen and oxygen atoms in total. The van der Waals surface area contributed by atoms with Crippen molar-refractivity contribution in [3.05, 3.63) is 48.0 Å². The number of hydrogen-bond donors (Lipinski definition) is 42. The number of carboxylic acid groups (broad SMARTS) is 2. The molecule has 0 unspecified atom stereocenters. The number of amides is 13.